The number of benzene rings is 1. The van der Waals surface area contributed by atoms with Crippen LogP contribution in [0.1, 0.15) is 29.0 Å². The molecule has 134 valence electrons. The van der Waals surface area contributed by atoms with E-state index in [0.29, 0.717) is 33.5 Å². The Morgan fingerprint density at radius 3 is 2.52 bits per heavy atom. The van der Waals surface area contributed by atoms with Gasteiger partial charge in [0.25, 0.3) is 5.91 Å². The van der Waals surface area contributed by atoms with Crippen LogP contribution in [0.5, 0.6) is 0 Å². The summed E-state index contributed by atoms with van der Waals surface area (Å²) in [7, 11) is -3.06. The molecule has 0 unspecified atom stereocenters. The summed E-state index contributed by atoms with van der Waals surface area (Å²) in [6.45, 7) is -1.16. The maximum atomic E-state index is 12.8. The van der Waals surface area contributed by atoms with Gasteiger partial charge in [0.05, 0.1) is 17.7 Å². The fourth-order valence-corrected chi connectivity index (χ4v) is 4.56. The first-order valence-corrected chi connectivity index (χ1v) is 9.53. The highest BCUT2D eigenvalue weighted by Gasteiger charge is 2.29. The van der Waals surface area contributed by atoms with Gasteiger partial charge in [-0.3, -0.25) is 4.79 Å². The summed E-state index contributed by atoms with van der Waals surface area (Å²) < 4.78 is 49.1. The van der Waals surface area contributed by atoms with Crippen LogP contribution in [0, 0.1) is 6.92 Å². The number of halogens is 2. The van der Waals surface area contributed by atoms with E-state index < -0.39 is 16.4 Å². The molecule has 1 N–H and O–H groups in total. The summed E-state index contributed by atoms with van der Waals surface area (Å²) in [5.74, 6) is -0.304. The number of aromatic nitrogens is 2. The van der Waals surface area contributed by atoms with Crippen molar-refractivity contribution in [1.29, 1.82) is 0 Å². The third kappa shape index (κ3) is 3.71. The van der Waals surface area contributed by atoms with Crippen LogP contribution in [0.4, 0.5) is 8.78 Å². The normalized spacial score (nSPS) is 19.3. The maximum absolute atomic E-state index is 12.8. The van der Waals surface area contributed by atoms with Crippen LogP contribution in [0.25, 0.3) is 11.1 Å². The van der Waals surface area contributed by atoms with Crippen molar-refractivity contribution in [3.8, 4) is 11.1 Å². The summed E-state index contributed by atoms with van der Waals surface area (Å²) in [5, 5.41) is 6.37. The molecule has 6 nitrogen and oxygen atoms in total. The van der Waals surface area contributed by atoms with Crippen LogP contribution in [0.15, 0.2) is 30.5 Å². The first-order chi connectivity index (χ1) is 11.8. The van der Waals surface area contributed by atoms with Crippen molar-refractivity contribution in [3.05, 3.63) is 41.7 Å². The van der Waals surface area contributed by atoms with E-state index in [-0.39, 0.29) is 23.5 Å². The van der Waals surface area contributed by atoms with Crippen molar-refractivity contribution in [2.24, 2.45) is 0 Å². The molecule has 2 aromatic rings. The Kier molecular flexibility index (Phi) is 4.59. The predicted octanol–water partition coefficient (Wildman–Crippen LogP) is 2.17. The van der Waals surface area contributed by atoms with E-state index in [0.717, 1.165) is 0 Å². The van der Waals surface area contributed by atoms with Crippen molar-refractivity contribution < 1.29 is 22.0 Å². The van der Waals surface area contributed by atoms with Gasteiger partial charge in [0.2, 0.25) is 0 Å². The number of nitrogens with one attached hydrogen (secondary N) is 1. The van der Waals surface area contributed by atoms with Gasteiger partial charge in [-0.25, -0.2) is 13.1 Å². The minimum Gasteiger partial charge on any atom is -0.348 e. The van der Waals surface area contributed by atoms with Crippen molar-refractivity contribution in [2.75, 3.05) is 11.5 Å². The molecule has 2 heterocycles. The lowest BCUT2D eigenvalue weighted by Crippen LogP contribution is -2.35. The van der Waals surface area contributed by atoms with E-state index in [1.165, 1.54) is 6.20 Å². The predicted molar refractivity (Wildman–Crippen MR) is 88.2 cm³/mol. The molecular formula is C16H17F2N3O3S. The smallest absolute Gasteiger partial charge is 0.333 e. The highest BCUT2D eigenvalue weighted by atomic mass is 32.2. The van der Waals surface area contributed by atoms with E-state index >= 15 is 0 Å². The molecule has 1 aliphatic rings. The Balaban J connectivity index is 1.73. The van der Waals surface area contributed by atoms with Gasteiger partial charge in [0, 0.05) is 22.9 Å². The number of carbonyl (C=O) groups is 1. The lowest BCUT2D eigenvalue weighted by molar-refractivity contribution is 0.0545. The molecular weight excluding hydrogens is 352 g/mol. The summed E-state index contributed by atoms with van der Waals surface area (Å²) in [4.78, 5) is 12.2. The minimum atomic E-state index is -3.06. The Morgan fingerprint density at radius 2 is 2.00 bits per heavy atom. The number of hydrogen-bond donors (Lipinski definition) is 1. The Morgan fingerprint density at radius 1 is 1.32 bits per heavy atom. The number of rotatable bonds is 4. The molecule has 25 heavy (non-hydrogen) atoms. The van der Waals surface area contributed by atoms with E-state index in [9.17, 15) is 22.0 Å². The Labute approximate surface area is 143 Å². The molecule has 9 heteroatoms. The second-order valence-corrected chi connectivity index (χ2v) is 8.25. The monoisotopic (exact) mass is 369 g/mol. The lowest BCUT2D eigenvalue weighted by Gasteiger charge is -2.11. The fraction of sp³-hybridized carbons (Fsp3) is 0.375. The third-order valence-corrected chi connectivity index (χ3v) is 6.02. The SMILES string of the molecule is Cc1c(-c2ccc(C(=O)N[C@@H]3CCS(=O)(=O)C3)cc2)cnn1C(F)F. The Hall–Kier alpha value is -2.29. The molecule has 1 saturated heterocycles. The molecule has 0 saturated carbocycles. The molecule has 0 aliphatic carbocycles. The molecule has 1 amide bonds. The number of sulfone groups is 1. The molecule has 1 aliphatic heterocycles. The maximum Gasteiger partial charge on any atom is 0.333 e. The molecule has 1 fully saturated rings. The van der Waals surface area contributed by atoms with E-state index in [2.05, 4.69) is 10.4 Å². The topological polar surface area (TPSA) is 81.1 Å². The van der Waals surface area contributed by atoms with Crippen LogP contribution < -0.4 is 5.32 Å². The number of nitrogens with zero attached hydrogens (tertiary/aromatic N) is 2. The van der Waals surface area contributed by atoms with E-state index in [4.69, 9.17) is 0 Å². The molecule has 3 rings (SSSR count). The van der Waals surface area contributed by atoms with Crippen molar-refractivity contribution in [1.82, 2.24) is 15.1 Å². The van der Waals surface area contributed by atoms with Crippen LogP contribution in [0.3, 0.4) is 0 Å². The lowest BCUT2D eigenvalue weighted by atomic mass is 10.0. The van der Waals surface area contributed by atoms with Crippen molar-refractivity contribution in [3.63, 3.8) is 0 Å². The quantitative estimate of drug-likeness (QED) is 0.896. The summed E-state index contributed by atoms with van der Waals surface area (Å²) in [6.07, 6.45) is 1.78. The Bertz CT molecular complexity index is 892. The fourth-order valence-electron chi connectivity index (χ4n) is 2.88. The summed E-state index contributed by atoms with van der Waals surface area (Å²) in [5.41, 5.74) is 1.95. The number of hydrogen-bond acceptors (Lipinski definition) is 4. The minimum absolute atomic E-state index is 0.0389. The van der Waals surface area contributed by atoms with Crippen LogP contribution in [-0.2, 0) is 9.84 Å². The molecule has 1 aromatic heterocycles. The van der Waals surface area contributed by atoms with Crippen LogP contribution >= 0.6 is 0 Å². The zero-order valence-electron chi connectivity index (χ0n) is 13.4. The zero-order valence-corrected chi connectivity index (χ0v) is 14.3. The second-order valence-electron chi connectivity index (χ2n) is 6.02. The first-order valence-electron chi connectivity index (χ1n) is 7.71. The van der Waals surface area contributed by atoms with Crippen LogP contribution in [0.2, 0.25) is 0 Å². The van der Waals surface area contributed by atoms with Crippen LogP contribution in [-0.4, -0.2) is 41.7 Å². The first kappa shape index (κ1) is 17.5. The largest absolute Gasteiger partial charge is 0.348 e. The second kappa shape index (κ2) is 6.55. The number of amides is 1. The van der Waals surface area contributed by atoms with Gasteiger partial charge < -0.3 is 5.32 Å². The zero-order chi connectivity index (χ0) is 18.2. The van der Waals surface area contributed by atoms with E-state index in [1.54, 1.807) is 31.2 Å². The number of carbonyl (C=O) groups excluding carboxylic acids is 1. The molecule has 0 bridgehead atoms. The average Bonchev–Trinajstić information content (AvgIpc) is 3.09. The molecule has 1 aromatic carbocycles. The van der Waals surface area contributed by atoms with Gasteiger partial charge in [-0.05, 0) is 31.0 Å². The highest BCUT2D eigenvalue weighted by molar-refractivity contribution is 7.91. The van der Waals surface area contributed by atoms with Gasteiger partial charge in [-0.15, -0.1) is 0 Å². The summed E-state index contributed by atoms with van der Waals surface area (Å²) in [6, 6.07) is 6.09. The van der Waals surface area contributed by atoms with Gasteiger partial charge in [0.15, 0.2) is 9.84 Å². The van der Waals surface area contributed by atoms with E-state index in [1.807, 2.05) is 0 Å². The van der Waals surface area contributed by atoms with Gasteiger partial charge in [-0.1, -0.05) is 12.1 Å². The highest BCUT2D eigenvalue weighted by Crippen LogP contribution is 2.26. The third-order valence-electron chi connectivity index (χ3n) is 4.26. The average molecular weight is 369 g/mol. The molecule has 0 spiro atoms. The summed E-state index contributed by atoms with van der Waals surface area (Å²) >= 11 is 0. The number of alkyl halides is 2. The molecule has 1 atom stereocenters. The van der Waals surface area contributed by atoms with Crippen molar-refractivity contribution >= 4 is 15.7 Å². The van der Waals surface area contributed by atoms with Gasteiger partial charge in [-0.2, -0.15) is 13.9 Å². The van der Waals surface area contributed by atoms with Gasteiger partial charge >= 0.3 is 6.55 Å². The van der Waals surface area contributed by atoms with Crippen molar-refractivity contribution in [2.45, 2.75) is 25.9 Å². The van der Waals surface area contributed by atoms with Gasteiger partial charge in [0.1, 0.15) is 0 Å². The standard InChI is InChI=1S/C16H17F2N3O3S/c1-10-14(8-19-21(10)16(17)18)11-2-4-12(5-3-11)15(22)20-13-6-7-25(23,24)9-13/h2-5,8,13,16H,6-7,9H2,1H3,(H,20,22)/t13-/m1/s1. The molecule has 0 radical (unpaired) electrons.